The number of piperidine rings is 1. The van der Waals surface area contributed by atoms with Crippen LogP contribution in [0.3, 0.4) is 0 Å². The van der Waals surface area contributed by atoms with E-state index in [4.69, 9.17) is 4.74 Å². The topological polar surface area (TPSA) is 46.6 Å². The van der Waals surface area contributed by atoms with Gasteiger partial charge in [-0.1, -0.05) is 30.3 Å². The smallest absolute Gasteiger partial charge is 0.260 e. The highest BCUT2D eigenvalue weighted by molar-refractivity contribution is 5.98. The third-order valence-electron chi connectivity index (χ3n) is 4.45. The van der Waals surface area contributed by atoms with Gasteiger partial charge < -0.3 is 9.64 Å². The lowest BCUT2D eigenvalue weighted by Gasteiger charge is -2.31. The van der Waals surface area contributed by atoms with E-state index in [1.807, 2.05) is 30.3 Å². The number of ether oxygens (including phenoxy) is 1. The summed E-state index contributed by atoms with van der Waals surface area (Å²) in [5.41, 5.74) is 0.729. The fraction of sp³-hybridized carbons (Fsp3) is 0.300. The van der Waals surface area contributed by atoms with Crippen molar-refractivity contribution in [2.45, 2.75) is 12.8 Å². The zero-order valence-electron chi connectivity index (χ0n) is 13.9. The minimum absolute atomic E-state index is 0.0375. The van der Waals surface area contributed by atoms with Crippen LogP contribution in [0.25, 0.3) is 0 Å². The average molecular weight is 341 g/mol. The predicted octanol–water partition coefficient (Wildman–Crippen LogP) is 3.33. The van der Waals surface area contributed by atoms with Crippen molar-refractivity contribution in [2.75, 3.05) is 19.7 Å². The van der Waals surface area contributed by atoms with Crippen molar-refractivity contribution in [3.8, 4) is 5.75 Å². The summed E-state index contributed by atoms with van der Waals surface area (Å²) < 4.78 is 18.2. The Morgan fingerprint density at radius 2 is 1.64 bits per heavy atom. The molecule has 1 saturated heterocycles. The molecule has 0 aromatic heterocycles. The number of benzene rings is 2. The third-order valence-corrected chi connectivity index (χ3v) is 4.45. The molecule has 1 fully saturated rings. The molecule has 0 N–H and O–H groups in total. The fourth-order valence-electron chi connectivity index (χ4n) is 3.00. The Labute approximate surface area is 146 Å². The van der Waals surface area contributed by atoms with E-state index in [1.54, 1.807) is 4.90 Å². The molecule has 130 valence electrons. The van der Waals surface area contributed by atoms with Crippen LogP contribution in [0.1, 0.15) is 23.2 Å². The normalized spacial score (nSPS) is 15.0. The van der Waals surface area contributed by atoms with Crippen LogP contribution in [0.4, 0.5) is 4.39 Å². The van der Waals surface area contributed by atoms with E-state index < -0.39 is 0 Å². The van der Waals surface area contributed by atoms with Crippen LogP contribution in [-0.2, 0) is 4.79 Å². The largest absolute Gasteiger partial charge is 0.484 e. The van der Waals surface area contributed by atoms with E-state index in [-0.39, 0.29) is 30.0 Å². The third kappa shape index (κ3) is 4.44. The average Bonchev–Trinajstić information content (AvgIpc) is 2.67. The summed E-state index contributed by atoms with van der Waals surface area (Å²) in [6.07, 6.45) is 1.33. The molecule has 2 aromatic rings. The number of nitrogens with zero attached hydrogens (tertiary/aromatic N) is 1. The molecule has 0 saturated carbocycles. The zero-order chi connectivity index (χ0) is 17.6. The number of hydrogen-bond acceptors (Lipinski definition) is 3. The van der Waals surface area contributed by atoms with E-state index in [1.165, 1.54) is 24.3 Å². The number of amides is 1. The zero-order valence-corrected chi connectivity index (χ0v) is 13.9. The van der Waals surface area contributed by atoms with Gasteiger partial charge in [-0.25, -0.2) is 4.39 Å². The number of carbonyl (C=O) groups is 2. The van der Waals surface area contributed by atoms with Crippen molar-refractivity contribution in [1.29, 1.82) is 0 Å². The van der Waals surface area contributed by atoms with Crippen LogP contribution < -0.4 is 4.74 Å². The summed E-state index contributed by atoms with van der Waals surface area (Å²) >= 11 is 0. The van der Waals surface area contributed by atoms with E-state index in [9.17, 15) is 14.0 Å². The number of rotatable bonds is 5. The fourth-order valence-corrected chi connectivity index (χ4v) is 3.00. The first-order chi connectivity index (χ1) is 12.1. The van der Waals surface area contributed by atoms with Gasteiger partial charge in [0.1, 0.15) is 11.6 Å². The van der Waals surface area contributed by atoms with Crippen molar-refractivity contribution in [3.63, 3.8) is 0 Å². The van der Waals surface area contributed by atoms with Gasteiger partial charge in [-0.15, -0.1) is 0 Å². The van der Waals surface area contributed by atoms with Crippen LogP contribution >= 0.6 is 0 Å². The summed E-state index contributed by atoms with van der Waals surface area (Å²) in [6.45, 7) is 1.02. The maximum absolute atomic E-state index is 12.8. The first-order valence-electron chi connectivity index (χ1n) is 8.39. The standard InChI is InChI=1S/C20H20FNO3/c21-17-6-8-18(9-7-17)25-14-19(23)22-12-10-16(11-13-22)20(24)15-4-2-1-3-5-15/h1-9,16H,10-14H2. The first-order valence-corrected chi connectivity index (χ1v) is 8.39. The quantitative estimate of drug-likeness (QED) is 0.784. The highest BCUT2D eigenvalue weighted by Crippen LogP contribution is 2.22. The molecule has 3 rings (SSSR count). The molecule has 0 atom stereocenters. The Balaban J connectivity index is 1.47. The lowest BCUT2D eigenvalue weighted by molar-refractivity contribution is -0.134. The molecular formula is C20H20FNO3. The van der Waals surface area contributed by atoms with E-state index in [2.05, 4.69) is 0 Å². The summed E-state index contributed by atoms with van der Waals surface area (Å²) in [5.74, 6) is 0.113. The molecule has 0 spiro atoms. The van der Waals surface area contributed by atoms with Crippen molar-refractivity contribution >= 4 is 11.7 Å². The lowest BCUT2D eigenvalue weighted by Crippen LogP contribution is -2.42. The molecule has 1 heterocycles. The van der Waals surface area contributed by atoms with Crippen molar-refractivity contribution in [3.05, 3.63) is 66.0 Å². The minimum atomic E-state index is -0.344. The number of halogens is 1. The SMILES string of the molecule is O=C(c1ccccc1)C1CCN(C(=O)COc2ccc(F)cc2)CC1. The number of Topliss-reactive ketones (excluding diaryl/α,β-unsaturated/α-hetero) is 1. The molecule has 0 radical (unpaired) electrons. The Hall–Kier alpha value is -2.69. The monoisotopic (exact) mass is 341 g/mol. The molecule has 4 nitrogen and oxygen atoms in total. The molecule has 0 aliphatic carbocycles. The molecule has 2 aromatic carbocycles. The molecule has 5 heteroatoms. The van der Waals surface area contributed by atoms with Gasteiger partial charge >= 0.3 is 0 Å². The molecule has 1 amide bonds. The molecular weight excluding hydrogens is 321 g/mol. The van der Waals surface area contributed by atoms with Crippen LogP contribution in [0.15, 0.2) is 54.6 Å². The molecule has 0 unspecified atom stereocenters. The lowest BCUT2D eigenvalue weighted by atomic mass is 9.89. The minimum Gasteiger partial charge on any atom is -0.484 e. The summed E-state index contributed by atoms with van der Waals surface area (Å²) in [5, 5.41) is 0. The summed E-state index contributed by atoms with van der Waals surface area (Å²) in [6, 6.07) is 14.8. The van der Waals surface area contributed by atoms with Crippen LogP contribution in [0, 0.1) is 11.7 Å². The van der Waals surface area contributed by atoms with Gasteiger partial charge in [0.25, 0.3) is 5.91 Å². The van der Waals surface area contributed by atoms with E-state index in [0.717, 1.165) is 5.56 Å². The number of carbonyl (C=O) groups excluding carboxylic acids is 2. The van der Waals surface area contributed by atoms with Crippen molar-refractivity contribution in [1.82, 2.24) is 4.90 Å². The Morgan fingerprint density at radius 1 is 1.00 bits per heavy atom. The molecule has 1 aliphatic rings. The second kappa shape index (κ2) is 7.92. The van der Waals surface area contributed by atoms with Crippen LogP contribution in [-0.4, -0.2) is 36.3 Å². The van der Waals surface area contributed by atoms with Crippen molar-refractivity contribution in [2.24, 2.45) is 5.92 Å². The highest BCUT2D eigenvalue weighted by atomic mass is 19.1. The van der Waals surface area contributed by atoms with Gasteiger partial charge in [-0.05, 0) is 37.1 Å². The number of hydrogen-bond donors (Lipinski definition) is 0. The van der Waals surface area contributed by atoms with E-state index >= 15 is 0 Å². The van der Waals surface area contributed by atoms with Gasteiger partial charge in [0.2, 0.25) is 0 Å². The molecule has 1 aliphatic heterocycles. The van der Waals surface area contributed by atoms with E-state index in [0.29, 0.717) is 31.7 Å². The van der Waals surface area contributed by atoms with Gasteiger partial charge in [0.15, 0.2) is 12.4 Å². The van der Waals surface area contributed by atoms with Crippen molar-refractivity contribution < 1.29 is 18.7 Å². The van der Waals surface area contributed by atoms with Gasteiger partial charge in [0.05, 0.1) is 0 Å². The Kier molecular flexibility index (Phi) is 5.43. The maximum atomic E-state index is 12.8. The Morgan fingerprint density at radius 3 is 2.28 bits per heavy atom. The maximum Gasteiger partial charge on any atom is 0.260 e. The Bertz CT molecular complexity index is 722. The van der Waals surface area contributed by atoms with Crippen LogP contribution in [0.5, 0.6) is 5.75 Å². The highest BCUT2D eigenvalue weighted by Gasteiger charge is 2.27. The first kappa shape index (κ1) is 17.1. The summed E-state index contributed by atoms with van der Waals surface area (Å²) in [4.78, 5) is 26.4. The van der Waals surface area contributed by atoms with Gasteiger partial charge in [-0.3, -0.25) is 9.59 Å². The molecule has 0 bridgehead atoms. The second-order valence-corrected chi connectivity index (χ2v) is 6.13. The summed E-state index contributed by atoms with van der Waals surface area (Å²) in [7, 11) is 0. The predicted molar refractivity (Wildman–Crippen MR) is 92.0 cm³/mol. The number of ketones is 1. The van der Waals surface area contributed by atoms with Crippen LogP contribution in [0.2, 0.25) is 0 Å². The number of likely N-dealkylation sites (tertiary alicyclic amines) is 1. The van der Waals surface area contributed by atoms with Gasteiger partial charge in [0, 0.05) is 24.6 Å². The second-order valence-electron chi connectivity index (χ2n) is 6.13. The van der Waals surface area contributed by atoms with Gasteiger partial charge in [-0.2, -0.15) is 0 Å². The molecule has 25 heavy (non-hydrogen) atoms.